The van der Waals surface area contributed by atoms with E-state index >= 15 is 0 Å². The van der Waals surface area contributed by atoms with Gasteiger partial charge in [0.1, 0.15) is 0 Å². The number of hydrogen-bond acceptors (Lipinski definition) is 8. The van der Waals surface area contributed by atoms with E-state index in [-0.39, 0.29) is 17.9 Å². The molecule has 1 N–H and O–H groups in total. The Morgan fingerprint density at radius 1 is 1.06 bits per heavy atom. The zero-order chi connectivity index (χ0) is 25.8. The molecule has 0 saturated heterocycles. The number of para-hydroxylation sites is 1. The number of Topliss-reactive ketones (excluding diaryl/α,β-unsaturated/α-hetero) is 1. The highest BCUT2D eigenvalue weighted by Crippen LogP contribution is 2.42. The lowest BCUT2D eigenvalue weighted by Gasteiger charge is -2.27. The Labute approximate surface area is 208 Å². The van der Waals surface area contributed by atoms with Gasteiger partial charge >= 0.3 is 0 Å². The molecule has 9 nitrogen and oxygen atoms in total. The van der Waals surface area contributed by atoms with Gasteiger partial charge in [0, 0.05) is 25.6 Å². The molecule has 0 bridgehead atoms. The molecule has 9 heteroatoms. The predicted octanol–water partition coefficient (Wildman–Crippen LogP) is 4.46. The van der Waals surface area contributed by atoms with Gasteiger partial charge in [-0.3, -0.25) is 9.59 Å². The number of rotatable bonds is 11. The Hall–Kier alpha value is -3.98. The third-order valence-electron chi connectivity index (χ3n) is 6.05. The van der Waals surface area contributed by atoms with Crippen LogP contribution in [-0.2, 0) is 9.53 Å². The Bertz CT molecular complexity index is 1310. The van der Waals surface area contributed by atoms with Gasteiger partial charge in [-0.15, -0.1) is 0 Å². The fraction of sp³-hybridized carbons (Fsp3) is 0.333. The van der Waals surface area contributed by atoms with Crippen molar-refractivity contribution < 1.29 is 38.1 Å². The number of carbonyl (C=O) groups excluding carboxylic acids is 2. The van der Waals surface area contributed by atoms with Crippen molar-refractivity contribution in [1.29, 1.82) is 0 Å². The van der Waals surface area contributed by atoms with Crippen molar-refractivity contribution in [3.63, 3.8) is 0 Å². The first-order valence-electron chi connectivity index (χ1n) is 11.6. The third-order valence-corrected chi connectivity index (χ3v) is 6.05. The Morgan fingerprint density at radius 2 is 1.83 bits per heavy atom. The Balaban J connectivity index is 1.80. The number of ketones is 1. The topological polar surface area (TPSA) is 108 Å². The minimum atomic E-state index is -0.860. The second kappa shape index (κ2) is 10.7. The van der Waals surface area contributed by atoms with Crippen LogP contribution in [0.4, 0.5) is 0 Å². The molecule has 1 atom stereocenters. The zero-order valence-corrected chi connectivity index (χ0v) is 20.7. The van der Waals surface area contributed by atoms with Crippen LogP contribution >= 0.6 is 0 Å². The van der Waals surface area contributed by atoms with Gasteiger partial charge in [-0.1, -0.05) is 18.2 Å². The van der Waals surface area contributed by atoms with E-state index in [4.69, 9.17) is 23.4 Å². The molecular weight excluding hydrogens is 466 g/mol. The first kappa shape index (κ1) is 25.1. The van der Waals surface area contributed by atoms with Crippen LogP contribution in [0.5, 0.6) is 17.2 Å². The lowest BCUT2D eigenvalue weighted by atomic mass is 9.94. The molecule has 1 aliphatic heterocycles. The van der Waals surface area contributed by atoms with Gasteiger partial charge in [0.05, 0.1) is 32.4 Å². The lowest BCUT2D eigenvalue weighted by molar-refractivity contribution is -0.129. The van der Waals surface area contributed by atoms with Gasteiger partial charge < -0.3 is 33.4 Å². The molecule has 1 unspecified atom stereocenters. The summed E-state index contributed by atoms with van der Waals surface area (Å²) in [5.41, 5.74) is 0.924. The summed E-state index contributed by atoms with van der Waals surface area (Å²) in [7, 11) is 4.59. The molecule has 1 aromatic heterocycles. The van der Waals surface area contributed by atoms with Crippen molar-refractivity contribution in [2.24, 2.45) is 0 Å². The summed E-state index contributed by atoms with van der Waals surface area (Å²) >= 11 is 0. The van der Waals surface area contributed by atoms with Crippen molar-refractivity contribution in [3.05, 3.63) is 65.1 Å². The SMILES string of the molecule is CCOc1ccc(C2C(C(=O)c3cc4cccc(OC)c4o3)=C(O)C(=O)N2CCCOC)cc1OC. The average molecular weight is 496 g/mol. The van der Waals surface area contributed by atoms with Gasteiger partial charge in [-0.25, -0.2) is 0 Å². The first-order chi connectivity index (χ1) is 17.4. The Morgan fingerprint density at radius 3 is 2.53 bits per heavy atom. The molecule has 0 saturated carbocycles. The average Bonchev–Trinajstić information content (AvgIpc) is 3.44. The van der Waals surface area contributed by atoms with E-state index < -0.39 is 23.5 Å². The highest BCUT2D eigenvalue weighted by atomic mass is 16.5. The van der Waals surface area contributed by atoms with Crippen LogP contribution < -0.4 is 14.2 Å². The van der Waals surface area contributed by atoms with Crippen LogP contribution in [0.3, 0.4) is 0 Å². The Kier molecular flexibility index (Phi) is 7.49. The van der Waals surface area contributed by atoms with Crippen LogP contribution in [0, 0.1) is 0 Å². The van der Waals surface area contributed by atoms with E-state index in [0.717, 1.165) is 0 Å². The second-order valence-corrected chi connectivity index (χ2v) is 8.17. The molecule has 0 radical (unpaired) electrons. The van der Waals surface area contributed by atoms with E-state index in [9.17, 15) is 14.7 Å². The van der Waals surface area contributed by atoms with E-state index in [0.29, 0.717) is 53.4 Å². The number of aliphatic hydroxyl groups excluding tert-OH is 1. The van der Waals surface area contributed by atoms with Gasteiger partial charge in [0.15, 0.2) is 34.4 Å². The predicted molar refractivity (Wildman–Crippen MR) is 132 cm³/mol. The minimum absolute atomic E-state index is 0.00880. The smallest absolute Gasteiger partial charge is 0.290 e. The summed E-state index contributed by atoms with van der Waals surface area (Å²) in [6.45, 7) is 2.99. The minimum Gasteiger partial charge on any atom is -0.503 e. The van der Waals surface area contributed by atoms with E-state index in [1.54, 1.807) is 49.6 Å². The summed E-state index contributed by atoms with van der Waals surface area (Å²) in [5, 5.41) is 11.6. The van der Waals surface area contributed by atoms with Crippen molar-refractivity contribution in [3.8, 4) is 17.2 Å². The zero-order valence-electron chi connectivity index (χ0n) is 20.7. The van der Waals surface area contributed by atoms with Crippen LogP contribution in [0.1, 0.15) is 35.5 Å². The molecule has 4 rings (SSSR count). The number of fused-ring (bicyclic) bond motifs is 1. The summed E-state index contributed by atoms with van der Waals surface area (Å²) in [4.78, 5) is 28.3. The van der Waals surface area contributed by atoms with E-state index in [1.165, 1.54) is 19.1 Å². The highest BCUT2D eigenvalue weighted by molar-refractivity contribution is 6.16. The molecule has 2 heterocycles. The maximum atomic E-state index is 13.7. The standard InChI is InChI=1S/C27H29NO8/c1-5-35-18-11-10-16(14-20(18)34-4)23-22(25(30)27(31)28(23)12-7-13-32-2)24(29)21-15-17-8-6-9-19(33-3)26(17)36-21/h6,8-11,14-15,23,30H,5,7,12-13H2,1-4H3. The number of methoxy groups -OCH3 is 3. The quantitative estimate of drug-likeness (QED) is 0.307. The van der Waals surface area contributed by atoms with Gasteiger partial charge in [0.2, 0.25) is 5.78 Å². The molecule has 0 fully saturated rings. The van der Waals surface area contributed by atoms with Gasteiger partial charge in [0.25, 0.3) is 5.91 Å². The van der Waals surface area contributed by atoms with Gasteiger partial charge in [-0.05, 0) is 43.2 Å². The molecule has 0 aliphatic carbocycles. The third kappa shape index (κ3) is 4.49. The number of hydrogen-bond donors (Lipinski definition) is 1. The van der Waals surface area contributed by atoms with Crippen molar-refractivity contribution in [2.75, 3.05) is 41.1 Å². The maximum absolute atomic E-state index is 13.7. The molecule has 0 spiro atoms. The normalized spacial score (nSPS) is 15.6. The van der Waals surface area contributed by atoms with Crippen LogP contribution in [0.25, 0.3) is 11.0 Å². The largest absolute Gasteiger partial charge is 0.503 e. The summed E-state index contributed by atoms with van der Waals surface area (Å²) in [6, 6.07) is 11.2. The molecule has 3 aromatic rings. The number of ether oxygens (including phenoxy) is 4. The molecule has 1 amide bonds. The monoisotopic (exact) mass is 495 g/mol. The number of benzene rings is 2. The molecule has 1 aliphatic rings. The van der Waals surface area contributed by atoms with E-state index in [2.05, 4.69) is 0 Å². The van der Waals surface area contributed by atoms with Crippen LogP contribution in [0.15, 0.2) is 58.2 Å². The van der Waals surface area contributed by atoms with Crippen molar-refractivity contribution in [1.82, 2.24) is 4.90 Å². The van der Waals surface area contributed by atoms with Crippen molar-refractivity contribution >= 4 is 22.7 Å². The number of carbonyl (C=O) groups is 2. The number of furan rings is 1. The summed E-state index contributed by atoms with van der Waals surface area (Å²) in [6.07, 6.45) is 0.517. The summed E-state index contributed by atoms with van der Waals surface area (Å²) < 4.78 is 27.4. The molecule has 190 valence electrons. The fourth-order valence-electron chi connectivity index (χ4n) is 4.41. The lowest BCUT2D eigenvalue weighted by Crippen LogP contribution is -2.32. The second-order valence-electron chi connectivity index (χ2n) is 8.17. The number of aliphatic hydroxyl groups is 1. The maximum Gasteiger partial charge on any atom is 0.290 e. The first-order valence-corrected chi connectivity index (χ1v) is 11.6. The number of nitrogens with zero attached hydrogens (tertiary/aromatic N) is 1. The number of amides is 1. The highest BCUT2D eigenvalue weighted by Gasteiger charge is 2.44. The fourth-order valence-corrected chi connectivity index (χ4v) is 4.41. The van der Waals surface area contributed by atoms with Crippen LogP contribution in [0.2, 0.25) is 0 Å². The van der Waals surface area contributed by atoms with Crippen molar-refractivity contribution in [2.45, 2.75) is 19.4 Å². The van der Waals surface area contributed by atoms with E-state index in [1.807, 2.05) is 6.92 Å². The molecule has 36 heavy (non-hydrogen) atoms. The summed E-state index contributed by atoms with van der Waals surface area (Å²) in [5.74, 6) is -0.392. The molecule has 2 aromatic carbocycles. The molecular formula is C27H29NO8. The van der Waals surface area contributed by atoms with Gasteiger partial charge in [-0.2, -0.15) is 0 Å². The van der Waals surface area contributed by atoms with Crippen LogP contribution in [-0.4, -0.2) is 62.8 Å².